The van der Waals surface area contributed by atoms with Crippen molar-refractivity contribution in [2.75, 3.05) is 0 Å². The van der Waals surface area contributed by atoms with Gasteiger partial charge in [0.2, 0.25) is 0 Å². The molecule has 0 aliphatic carbocycles. The van der Waals surface area contributed by atoms with E-state index in [1.807, 2.05) is 60.7 Å². The normalized spacial score (nSPS) is 19.5. The lowest BCUT2D eigenvalue weighted by Crippen LogP contribution is -2.50. The van der Waals surface area contributed by atoms with E-state index in [9.17, 15) is 14.7 Å². The molecule has 0 saturated heterocycles. The molecule has 1 amide bonds. The van der Waals surface area contributed by atoms with E-state index in [-0.39, 0.29) is 17.6 Å². The van der Waals surface area contributed by atoms with Gasteiger partial charge in [0.05, 0.1) is 16.8 Å². The van der Waals surface area contributed by atoms with Gasteiger partial charge in [-0.1, -0.05) is 60.7 Å². The minimum atomic E-state index is -0.924. The van der Waals surface area contributed by atoms with Gasteiger partial charge in [0.15, 0.2) is 0 Å². The van der Waals surface area contributed by atoms with Crippen LogP contribution in [-0.2, 0) is 0 Å². The van der Waals surface area contributed by atoms with Crippen LogP contribution in [0.5, 0.6) is 0 Å². The zero-order chi connectivity index (χ0) is 22.2. The maximum atomic E-state index is 13.8. The Morgan fingerprint density at radius 3 is 2.25 bits per heavy atom. The van der Waals surface area contributed by atoms with Gasteiger partial charge in [-0.2, -0.15) is 0 Å². The number of carbonyl (C=O) groups is 2. The van der Waals surface area contributed by atoms with E-state index in [2.05, 4.69) is 10.3 Å². The first kappa shape index (κ1) is 19.8. The maximum Gasteiger partial charge on any atom is 0.256 e. The Kier molecular flexibility index (Phi) is 4.82. The van der Waals surface area contributed by atoms with Gasteiger partial charge < -0.3 is 10.4 Å². The molecule has 4 aromatic rings. The molecular weight excluding hydrogens is 402 g/mol. The van der Waals surface area contributed by atoms with Crippen molar-refractivity contribution in [2.45, 2.75) is 18.9 Å². The second kappa shape index (κ2) is 7.81. The van der Waals surface area contributed by atoms with Crippen LogP contribution in [-0.4, -0.2) is 32.5 Å². The van der Waals surface area contributed by atoms with Crippen LogP contribution in [0.3, 0.4) is 0 Å². The summed E-state index contributed by atoms with van der Waals surface area (Å²) in [5.41, 5.74) is 3.07. The van der Waals surface area contributed by atoms with Gasteiger partial charge in [-0.3, -0.25) is 14.2 Å². The van der Waals surface area contributed by atoms with E-state index >= 15 is 0 Å². The molecule has 0 saturated carbocycles. The molecule has 0 radical (unpaired) electrons. The number of aliphatic hydroxyl groups excluding tert-OH is 1. The van der Waals surface area contributed by atoms with Crippen molar-refractivity contribution in [3.05, 3.63) is 108 Å². The molecule has 1 aliphatic heterocycles. The summed E-state index contributed by atoms with van der Waals surface area (Å²) in [4.78, 5) is 31.5. The molecule has 5 rings (SSSR count). The number of para-hydroxylation sites is 2. The quantitative estimate of drug-likeness (QED) is 0.473. The fourth-order valence-electron chi connectivity index (χ4n) is 4.38. The number of aromatic nitrogens is 2. The first-order chi connectivity index (χ1) is 15.6. The van der Waals surface area contributed by atoms with Gasteiger partial charge in [0.1, 0.15) is 11.9 Å². The fourth-order valence-corrected chi connectivity index (χ4v) is 4.38. The number of allylic oxidation sites excluding steroid dienone is 1. The zero-order valence-corrected chi connectivity index (χ0v) is 17.4. The molecule has 3 aromatic carbocycles. The van der Waals surface area contributed by atoms with Crippen LogP contribution >= 0.6 is 0 Å². The standard InChI is InChI=1S/C26H21N3O3/c1-16(30)21-22(17-10-4-2-5-11-17)23(28-25(31)18-12-6-3-7-13-18)26(32)29-20-15-9-8-14-19(20)27-24(21)29/h2-15,22-23,30H,1H3,(H,28,31)/b21-16-. The summed E-state index contributed by atoms with van der Waals surface area (Å²) in [5, 5.41) is 13.7. The van der Waals surface area contributed by atoms with Gasteiger partial charge >= 0.3 is 0 Å². The van der Waals surface area contributed by atoms with Gasteiger partial charge in [-0.25, -0.2) is 4.98 Å². The Morgan fingerprint density at radius 1 is 0.938 bits per heavy atom. The van der Waals surface area contributed by atoms with E-state index in [4.69, 9.17) is 0 Å². The summed E-state index contributed by atoms with van der Waals surface area (Å²) >= 11 is 0. The molecule has 2 heterocycles. The molecule has 158 valence electrons. The molecule has 0 fully saturated rings. The van der Waals surface area contributed by atoms with E-state index in [0.29, 0.717) is 28.0 Å². The Balaban J connectivity index is 1.72. The maximum absolute atomic E-state index is 13.8. The second-order valence-corrected chi connectivity index (χ2v) is 7.80. The highest BCUT2D eigenvalue weighted by molar-refractivity contribution is 6.05. The van der Waals surface area contributed by atoms with Crippen LogP contribution in [0, 0.1) is 0 Å². The Bertz CT molecular complexity index is 1350. The van der Waals surface area contributed by atoms with Crippen LogP contribution in [0.1, 0.15) is 39.4 Å². The smallest absolute Gasteiger partial charge is 0.256 e. The first-order valence-electron chi connectivity index (χ1n) is 10.4. The summed E-state index contributed by atoms with van der Waals surface area (Å²) in [5.74, 6) is -0.785. The molecule has 6 heteroatoms. The predicted octanol–water partition coefficient (Wildman–Crippen LogP) is 4.56. The molecule has 2 atom stereocenters. The van der Waals surface area contributed by atoms with Crippen molar-refractivity contribution >= 4 is 28.4 Å². The van der Waals surface area contributed by atoms with E-state index in [1.165, 1.54) is 4.57 Å². The molecule has 1 aliphatic rings. The number of nitrogens with one attached hydrogen (secondary N) is 1. The summed E-state index contributed by atoms with van der Waals surface area (Å²) in [6.07, 6.45) is 0. The molecule has 6 nitrogen and oxygen atoms in total. The van der Waals surface area contributed by atoms with E-state index < -0.39 is 12.0 Å². The van der Waals surface area contributed by atoms with Crippen molar-refractivity contribution in [1.82, 2.24) is 14.9 Å². The number of rotatable bonds is 3. The molecule has 0 spiro atoms. The van der Waals surface area contributed by atoms with Gasteiger partial charge in [-0.15, -0.1) is 0 Å². The number of fused-ring (bicyclic) bond motifs is 3. The molecule has 2 N–H and O–H groups in total. The molecule has 32 heavy (non-hydrogen) atoms. The lowest BCUT2D eigenvalue weighted by Gasteiger charge is -2.34. The number of hydrogen-bond donors (Lipinski definition) is 2. The topological polar surface area (TPSA) is 84.2 Å². The minimum Gasteiger partial charge on any atom is -0.512 e. The SMILES string of the molecule is C/C(O)=C1/c2nc3ccccc3n2C(=O)C(NC(=O)c2ccccc2)C1c1ccccc1. The van der Waals surface area contributed by atoms with Gasteiger partial charge in [0, 0.05) is 17.1 Å². The van der Waals surface area contributed by atoms with Crippen molar-refractivity contribution in [3.8, 4) is 0 Å². The van der Waals surface area contributed by atoms with Crippen LogP contribution < -0.4 is 5.32 Å². The van der Waals surface area contributed by atoms with Gasteiger partial charge in [-0.05, 0) is 36.8 Å². The summed E-state index contributed by atoms with van der Waals surface area (Å²) in [6, 6.07) is 24.6. The van der Waals surface area contributed by atoms with Crippen molar-refractivity contribution in [1.29, 1.82) is 0 Å². The highest BCUT2D eigenvalue weighted by Gasteiger charge is 2.43. The predicted molar refractivity (Wildman–Crippen MR) is 122 cm³/mol. The van der Waals surface area contributed by atoms with Crippen LogP contribution in [0.25, 0.3) is 16.6 Å². The third kappa shape index (κ3) is 3.17. The minimum absolute atomic E-state index is 0.0573. The lowest BCUT2D eigenvalue weighted by molar-refractivity contribution is 0.0790. The molecule has 2 unspecified atom stereocenters. The first-order valence-corrected chi connectivity index (χ1v) is 10.4. The fraction of sp³-hybridized carbons (Fsp3) is 0.115. The number of hydrogen-bond acceptors (Lipinski definition) is 4. The average Bonchev–Trinajstić information content (AvgIpc) is 3.21. The highest BCUT2D eigenvalue weighted by atomic mass is 16.3. The van der Waals surface area contributed by atoms with Crippen molar-refractivity contribution < 1.29 is 14.7 Å². The Morgan fingerprint density at radius 2 is 1.56 bits per heavy atom. The van der Waals surface area contributed by atoms with Crippen molar-refractivity contribution in [2.24, 2.45) is 0 Å². The third-order valence-electron chi connectivity index (χ3n) is 5.80. The molecule has 1 aromatic heterocycles. The molecular formula is C26H21N3O3. The number of nitrogens with zero attached hydrogens (tertiary/aromatic N) is 2. The lowest BCUT2D eigenvalue weighted by atomic mass is 9.80. The average molecular weight is 423 g/mol. The Labute approximate surface area is 184 Å². The number of amides is 1. The number of aliphatic hydroxyl groups is 1. The largest absolute Gasteiger partial charge is 0.512 e. The van der Waals surface area contributed by atoms with Crippen LogP contribution in [0.4, 0.5) is 0 Å². The number of benzene rings is 3. The molecule has 0 bridgehead atoms. The van der Waals surface area contributed by atoms with Crippen LogP contribution in [0.2, 0.25) is 0 Å². The van der Waals surface area contributed by atoms with Gasteiger partial charge in [0.25, 0.3) is 11.8 Å². The monoisotopic (exact) mass is 423 g/mol. The number of carbonyl (C=O) groups excluding carboxylic acids is 2. The van der Waals surface area contributed by atoms with E-state index in [0.717, 1.165) is 5.56 Å². The second-order valence-electron chi connectivity index (χ2n) is 7.80. The summed E-state index contributed by atoms with van der Waals surface area (Å²) in [7, 11) is 0. The summed E-state index contributed by atoms with van der Waals surface area (Å²) < 4.78 is 1.50. The van der Waals surface area contributed by atoms with E-state index in [1.54, 1.807) is 31.2 Å². The third-order valence-corrected chi connectivity index (χ3v) is 5.80. The Hall–Kier alpha value is -4.19. The highest BCUT2D eigenvalue weighted by Crippen LogP contribution is 2.42. The number of imidazole rings is 1. The van der Waals surface area contributed by atoms with Crippen molar-refractivity contribution in [3.63, 3.8) is 0 Å². The zero-order valence-electron chi connectivity index (χ0n) is 17.4. The van der Waals surface area contributed by atoms with Crippen LogP contribution in [0.15, 0.2) is 90.7 Å². The summed E-state index contributed by atoms with van der Waals surface area (Å²) in [6.45, 7) is 1.58.